The molecule has 2 amide bonds. The summed E-state index contributed by atoms with van der Waals surface area (Å²) in [5.74, 6) is -0.621. The predicted molar refractivity (Wildman–Crippen MR) is 109 cm³/mol. The van der Waals surface area contributed by atoms with E-state index in [9.17, 15) is 14.7 Å². The quantitative estimate of drug-likeness (QED) is 0.378. The van der Waals surface area contributed by atoms with Gasteiger partial charge in [-0.3, -0.25) is 9.59 Å². The lowest BCUT2D eigenvalue weighted by molar-refractivity contribution is -0.122. The normalized spacial score (nSPS) is 17.2. The fourth-order valence-electron chi connectivity index (χ4n) is 3.76. The standard InChI is InChI=1S/C23H29NO3/c1-4-5-6-7-8-9-21(26)22-19-14-18(15(2)17-10-11-17)12-13-20(19)24(16(3)25)23(22)27/h12-14,26H,4-11H2,1-3H3/b22-21-. The molecule has 144 valence electrons. The number of fused-ring (bicyclic) bond motifs is 1. The molecule has 0 aromatic heterocycles. The molecule has 4 heteroatoms. The minimum atomic E-state index is -0.405. The second-order valence-electron chi connectivity index (χ2n) is 7.61. The SMILES string of the molecule is CCCCCCC/C(O)=C1/C(=O)N(C(C)=O)c2ccc(C(C)=C3CC3)cc21. The van der Waals surface area contributed by atoms with Crippen molar-refractivity contribution in [2.45, 2.75) is 72.1 Å². The number of benzene rings is 1. The Labute approximate surface area is 161 Å². The number of carbonyl (C=O) groups is 2. The Morgan fingerprint density at radius 2 is 1.81 bits per heavy atom. The Kier molecular flexibility index (Phi) is 5.83. The lowest BCUT2D eigenvalue weighted by Crippen LogP contribution is -2.31. The minimum Gasteiger partial charge on any atom is -0.511 e. The average Bonchev–Trinajstić information content (AvgIpc) is 3.43. The van der Waals surface area contributed by atoms with E-state index < -0.39 is 5.91 Å². The highest BCUT2D eigenvalue weighted by molar-refractivity contribution is 6.39. The Balaban J connectivity index is 1.94. The number of rotatable bonds is 7. The van der Waals surface area contributed by atoms with E-state index in [2.05, 4.69) is 13.8 Å². The molecule has 1 aliphatic carbocycles. The van der Waals surface area contributed by atoms with Crippen LogP contribution in [0, 0.1) is 0 Å². The van der Waals surface area contributed by atoms with Gasteiger partial charge in [0.25, 0.3) is 5.91 Å². The number of anilines is 1. The van der Waals surface area contributed by atoms with Gasteiger partial charge in [-0.05, 0) is 49.5 Å². The van der Waals surface area contributed by atoms with Crippen molar-refractivity contribution in [1.82, 2.24) is 0 Å². The number of allylic oxidation sites excluding steroid dienone is 3. The number of hydrogen-bond acceptors (Lipinski definition) is 3. The van der Waals surface area contributed by atoms with E-state index in [4.69, 9.17) is 0 Å². The van der Waals surface area contributed by atoms with Crippen LogP contribution in [0.3, 0.4) is 0 Å². The summed E-state index contributed by atoms with van der Waals surface area (Å²) >= 11 is 0. The zero-order valence-corrected chi connectivity index (χ0v) is 16.6. The van der Waals surface area contributed by atoms with Gasteiger partial charge in [0.1, 0.15) is 5.76 Å². The van der Waals surface area contributed by atoms with E-state index >= 15 is 0 Å². The van der Waals surface area contributed by atoms with Gasteiger partial charge in [0.15, 0.2) is 0 Å². The molecule has 0 spiro atoms. The minimum absolute atomic E-state index is 0.107. The zero-order valence-electron chi connectivity index (χ0n) is 16.6. The molecular formula is C23H29NO3. The molecule has 0 saturated heterocycles. The van der Waals surface area contributed by atoms with Gasteiger partial charge in [-0.2, -0.15) is 0 Å². The molecule has 4 nitrogen and oxygen atoms in total. The van der Waals surface area contributed by atoms with Crippen molar-refractivity contribution >= 4 is 28.6 Å². The summed E-state index contributed by atoms with van der Waals surface area (Å²) in [5.41, 5.74) is 5.30. The average molecular weight is 367 g/mol. The fourth-order valence-corrected chi connectivity index (χ4v) is 3.76. The summed E-state index contributed by atoms with van der Waals surface area (Å²) in [5, 5.41) is 10.7. The third kappa shape index (κ3) is 4.00. The Morgan fingerprint density at radius 1 is 1.11 bits per heavy atom. The van der Waals surface area contributed by atoms with E-state index in [1.165, 1.54) is 35.8 Å². The van der Waals surface area contributed by atoms with Gasteiger partial charge < -0.3 is 5.11 Å². The largest absolute Gasteiger partial charge is 0.511 e. The molecule has 1 heterocycles. The summed E-state index contributed by atoms with van der Waals surface area (Å²) in [6.07, 6.45) is 8.12. The molecule has 1 N–H and O–H groups in total. The summed E-state index contributed by atoms with van der Waals surface area (Å²) in [6.45, 7) is 5.65. The summed E-state index contributed by atoms with van der Waals surface area (Å²) in [4.78, 5) is 26.1. The molecular weight excluding hydrogens is 338 g/mol. The van der Waals surface area contributed by atoms with E-state index in [1.54, 1.807) is 0 Å². The Bertz CT molecular complexity index is 826. The van der Waals surface area contributed by atoms with Gasteiger partial charge >= 0.3 is 0 Å². The highest BCUT2D eigenvalue weighted by Crippen LogP contribution is 2.42. The number of unbranched alkanes of at least 4 members (excludes halogenated alkanes) is 4. The van der Waals surface area contributed by atoms with Crippen molar-refractivity contribution in [1.29, 1.82) is 0 Å². The molecule has 27 heavy (non-hydrogen) atoms. The van der Waals surface area contributed by atoms with Crippen molar-refractivity contribution in [2.75, 3.05) is 4.90 Å². The van der Waals surface area contributed by atoms with E-state index in [0.717, 1.165) is 37.7 Å². The molecule has 1 aromatic carbocycles. The van der Waals surface area contributed by atoms with Crippen LogP contribution in [0.2, 0.25) is 0 Å². The topological polar surface area (TPSA) is 57.6 Å². The summed E-state index contributed by atoms with van der Waals surface area (Å²) < 4.78 is 0. The number of nitrogens with zero attached hydrogens (tertiary/aromatic N) is 1. The van der Waals surface area contributed by atoms with Gasteiger partial charge in [-0.15, -0.1) is 0 Å². The van der Waals surface area contributed by atoms with Gasteiger partial charge in [0.2, 0.25) is 5.91 Å². The molecule has 3 rings (SSSR count). The van der Waals surface area contributed by atoms with E-state index in [1.807, 2.05) is 18.2 Å². The third-order valence-electron chi connectivity index (χ3n) is 5.51. The first-order valence-electron chi connectivity index (χ1n) is 10.1. The van der Waals surface area contributed by atoms with Crippen molar-refractivity contribution < 1.29 is 14.7 Å². The zero-order chi connectivity index (χ0) is 19.6. The number of aliphatic hydroxyl groups excluding tert-OH is 1. The van der Waals surface area contributed by atoms with Crippen LogP contribution in [0.15, 0.2) is 29.5 Å². The summed E-state index contributed by atoms with van der Waals surface area (Å²) in [7, 11) is 0. The van der Waals surface area contributed by atoms with Gasteiger partial charge in [0, 0.05) is 18.9 Å². The third-order valence-corrected chi connectivity index (χ3v) is 5.51. The van der Waals surface area contributed by atoms with Crippen molar-refractivity contribution in [3.63, 3.8) is 0 Å². The van der Waals surface area contributed by atoms with Crippen LogP contribution >= 0.6 is 0 Å². The van der Waals surface area contributed by atoms with Crippen LogP contribution in [-0.2, 0) is 9.59 Å². The molecule has 0 radical (unpaired) electrons. The second kappa shape index (κ2) is 8.12. The van der Waals surface area contributed by atoms with Gasteiger partial charge in [-0.1, -0.05) is 44.2 Å². The van der Waals surface area contributed by atoms with Crippen LogP contribution in [0.4, 0.5) is 5.69 Å². The number of carbonyl (C=O) groups excluding carboxylic acids is 2. The number of amides is 2. The molecule has 1 fully saturated rings. The smallest absolute Gasteiger partial charge is 0.269 e. The number of aliphatic hydroxyl groups is 1. The Morgan fingerprint density at radius 3 is 2.44 bits per heavy atom. The highest BCUT2D eigenvalue weighted by atomic mass is 16.3. The van der Waals surface area contributed by atoms with Crippen LogP contribution in [0.1, 0.15) is 83.3 Å². The molecule has 2 aliphatic rings. The molecule has 0 bridgehead atoms. The van der Waals surface area contributed by atoms with Gasteiger partial charge in [-0.25, -0.2) is 4.90 Å². The van der Waals surface area contributed by atoms with E-state index in [-0.39, 0.29) is 11.7 Å². The van der Waals surface area contributed by atoms with Crippen LogP contribution in [-0.4, -0.2) is 16.9 Å². The number of hydrogen-bond donors (Lipinski definition) is 1. The predicted octanol–water partition coefficient (Wildman–Crippen LogP) is 5.78. The van der Waals surface area contributed by atoms with Crippen molar-refractivity contribution in [3.05, 3.63) is 40.7 Å². The maximum absolute atomic E-state index is 12.9. The molecule has 0 unspecified atom stereocenters. The highest BCUT2D eigenvalue weighted by Gasteiger charge is 2.37. The van der Waals surface area contributed by atoms with Gasteiger partial charge in [0.05, 0.1) is 11.3 Å². The fraction of sp³-hybridized carbons (Fsp3) is 0.478. The van der Waals surface area contributed by atoms with Crippen LogP contribution in [0.25, 0.3) is 11.1 Å². The first-order chi connectivity index (χ1) is 13.0. The van der Waals surface area contributed by atoms with Crippen molar-refractivity contribution in [2.24, 2.45) is 0 Å². The molecule has 1 aromatic rings. The molecule has 0 atom stereocenters. The lowest BCUT2D eigenvalue weighted by Gasteiger charge is -2.12. The maximum Gasteiger partial charge on any atom is 0.269 e. The molecule has 1 aliphatic heterocycles. The van der Waals surface area contributed by atoms with Crippen molar-refractivity contribution in [3.8, 4) is 0 Å². The Hall–Kier alpha value is -2.36. The van der Waals surface area contributed by atoms with Crippen LogP contribution < -0.4 is 4.90 Å². The lowest BCUT2D eigenvalue weighted by atomic mass is 9.97. The second-order valence-corrected chi connectivity index (χ2v) is 7.61. The number of imide groups is 1. The molecule has 1 saturated carbocycles. The van der Waals surface area contributed by atoms with Crippen LogP contribution in [0.5, 0.6) is 0 Å². The van der Waals surface area contributed by atoms with E-state index in [0.29, 0.717) is 23.2 Å². The first kappa shape index (κ1) is 19.4. The monoisotopic (exact) mass is 367 g/mol. The maximum atomic E-state index is 12.9. The first-order valence-corrected chi connectivity index (χ1v) is 10.1. The summed E-state index contributed by atoms with van der Waals surface area (Å²) in [6, 6.07) is 5.75.